The summed E-state index contributed by atoms with van der Waals surface area (Å²) in [6.45, 7) is -0.130. The van der Waals surface area contributed by atoms with Crippen LogP contribution in [0, 0.1) is 0 Å². The van der Waals surface area contributed by atoms with E-state index in [-0.39, 0.29) is 42.3 Å². The summed E-state index contributed by atoms with van der Waals surface area (Å²) in [4.78, 5) is 51.5. The average Bonchev–Trinajstić information content (AvgIpc) is 2.96. The van der Waals surface area contributed by atoms with E-state index in [4.69, 9.17) is 9.47 Å². The van der Waals surface area contributed by atoms with E-state index in [9.17, 15) is 29.4 Å². The Hall–Kier alpha value is -4.84. The van der Waals surface area contributed by atoms with Crippen LogP contribution in [0.3, 0.4) is 0 Å². The van der Waals surface area contributed by atoms with Crippen LogP contribution in [0.25, 0.3) is 5.57 Å². The number of hydrogen-bond donors (Lipinski definition) is 3. The molecule has 0 saturated carbocycles. The molecule has 0 saturated heterocycles. The lowest BCUT2D eigenvalue weighted by Gasteiger charge is -2.34. The second-order valence-corrected chi connectivity index (χ2v) is 9.24. The van der Waals surface area contributed by atoms with Crippen LogP contribution in [0.2, 0.25) is 0 Å². The molecule has 0 unspecified atom stereocenters. The number of carbonyl (C=O) groups excluding carboxylic acids is 1. The number of benzene rings is 2. The molecule has 0 radical (unpaired) electrons. The van der Waals surface area contributed by atoms with Crippen molar-refractivity contribution in [3.63, 3.8) is 0 Å². The second-order valence-electron chi connectivity index (χ2n) is 9.24. The minimum Gasteiger partial charge on any atom is -0.493 e. The highest BCUT2D eigenvalue weighted by Gasteiger charge is 2.31. The molecule has 12 nitrogen and oxygen atoms in total. The van der Waals surface area contributed by atoms with Crippen LogP contribution in [-0.2, 0) is 20.7 Å². The Morgan fingerprint density at radius 2 is 1.82 bits per heavy atom. The molecule has 0 fully saturated rings. The third-order valence-electron chi connectivity index (χ3n) is 6.67. The standard InChI is InChI=1S/C28H30N4O8/c1-30-14-21(25(34)31(2)28(30)38)18-9-10-32(19(11-18)15-33)26(35)20-12-23(39-3)24(13-22(20)29-27(36)37)40-16-17-7-5-4-6-8-17/h4-8,11-14,19,29,33H,9-10,15-16H2,1-3H3,(H,36,37)/t19-/m0/s1. The molecule has 3 N–H and O–H groups in total. The summed E-state index contributed by atoms with van der Waals surface area (Å²) in [7, 11) is 4.32. The lowest BCUT2D eigenvalue weighted by Crippen LogP contribution is -2.45. The molecule has 1 aliphatic heterocycles. The molecular formula is C28H30N4O8. The predicted molar refractivity (Wildman–Crippen MR) is 147 cm³/mol. The second kappa shape index (κ2) is 11.9. The summed E-state index contributed by atoms with van der Waals surface area (Å²) < 4.78 is 13.6. The van der Waals surface area contributed by atoms with Crippen molar-refractivity contribution in [1.82, 2.24) is 14.0 Å². The van der Waals surface area contributed by atoms with Gasteiger partial charge >= 0.3 is 11.8 Å². The van der Waals surface area contributed by atoms with Crippen molar-refractivity contribution in [2.75, 3.05) is 25.6 Å². The molecule has 3 aromatic rings. The quantitative estimate of drug-likeness (QED) is 0.385. The number of methoxy groups -OCH3 is 1. The molecule has 1 aromatic heterocycles. The van der Waals surface area contributed by atoms with E-state index in [0.717, 1.165) is 10.1 Å². The first kappa shape index (κ1) is 28.2. The normalized spacial score (nSPS) is 14.8. The molecule has 0 bridgehead atoms. The first-order chi connectivity index (χ1) is 19.1. The summed E-state index contributed by atoms with van der Waals surface area (Å²) in [6.07, 6.45) is 1.95. The number of aliphatic hydroxyl groups excluding tert-OH is 1. The minimum absolute atomic E-state index is 0.000340. The molecule has 1 atom stereocenters. The van der Waals surface area contributed by atoms with Crippen molar-refractivity contribution < 1.29 is 29.3 Å². The number of hydrogen-bond acceptors (Lipinski definition) is 7. The first-order valence-corrected chi connectivity index (χ1v) is 12.4. The van der Waals surface area contributed by atoms with Crippen molar-refractivity contribution in [3.8, 4) is 11.5 Å². The van der Waals surface area contributed by atoms with E-state index in [0.29, 0.717) is 11.1 Å². The molecule has 40 heavy (non-hydrogen) atoms. The number of aryl methyl sites for hydroxylation is 1. The molecule has 0 spiro atoms. The van der Waals surface area contributed by atoms with Crippen molar-refractivity contribution >= 4 is 23.3 Å². The van der Waals surface area contributed by atoms with Crippen LogP contribution >= 0.6 is 0 Å². The van der Waals surface area contributed by atoms with Gasteiger partial charge in [-0.2, -0.15) is 0 Å². The summed E-state index contributed by atoms with van der Waals surface area (Å²) in [6, 6.07) is 11.3. The summed E-state index contributed by atoms with van der Waals surface area (Å²) in [5.74, 6) is -0.103. The lowest BCUT2D eigenvalue weighted by molar-refractivity contribution is 0.0648. The zero-order chi connectivity index (χ0) is 29.0. The predicted octanol–water partition coefficient (Wildman–Crippen LogP) is 2.05. The molecule has 2 amide bonds. The van der Waals surface area contributed by atoms with Gasteiger partial charge in [0.2, 0.25) is 0 Å². The number of aliphatic hydroxyl groups is 1. The van der Waals surface area contributed by atoms with E-state index in [1.165, 1.54) is 49.0 Å². The number of ether oxygens (including phenoxy) is 2. The molecular weight excluding hydrogens is 520 g/mol. The number of carboxylic acid groups (broad SMARTS) is 1. The number of rotatable bonds is 8. The Morgan fingerprint density at radius 3 is 2.48 bits per heavy atom. The van der Waals surface area contributed by atoms with Gasteiger partial charge in [0.05, 0.1) is 36.6 Å². The van der Waals surface area contributed by atoms with Crippen LogP contribution in [0.1, 0.15) is 27.9 Å². The molecule has 4 rings (SSSR count). The smallest absolute Gasteiger partial charge is 0.409 e. The molecule has 210 valence electrons. The number of nitrogens with one attached hydrogen (secondary N) is 1. The fraction of sp³-hybridized carbons (Fsp3) is 0.286. The first-order valence-electron chi connectivity index (χ1n) is 12.4. The van der Waals surface area contributed by atoms with Crippen molar-refractivity contribution in [1.29, 1.82) is 0 Å². The number of nitrogens with zero attached hydrogens (tertiary/aromatic N) is 3. The zero-order valence-corrected chi connectivity index (χ0v) is 22.3. The van der Waals surface area contributed by atoms with E-state index >= 15 is 0 Å². The highest BCUT2D eigenvalue weighted by molar-refractivity contribution is 6.04. The summed E-state index contributed by atoms with van der Waals surface area (Å²) in [5, 5.41) is 21.9. The lowest BCUT2D eigenvalue weighted by atomic mass is 9.96. The van der Waals surface area contributed by atoms with Crippen molar-refractivity contribution in [2.24, 2.45) is 14.1 Å². The Bertz CT molecular complexity index is 1580. The maximum Gasteiger partial charge on any atom is 0.409 e. The van der Waals surface area contributed by atoms with Crippen LogP contribution in [0.4, 0.5) is 10.5 Å². The van der Waals surface area contributed by atoms with Crippen molar-refractivity contribution in [3.05, 3.63) is 92.3 Å². The maximum atomic E-state index is 13.7. The monoisotopic (exact) mass is 550 g/mol. The summed E-state index contributed by atoms with van der Waals surface area (Å²) >= 11 is 0. The number of amides is 2. The van der Waals surface area contributed by atoms with Crippen LogP contribution in [0.15, 0.2) is 64.3 Å². The number of aromatic nitrogens is 2. The average molecular weight is 551 g/mol. The molecule has 2 aromatic carbocycles. The van der Waals surface area contributed by atoms with E-state index in [1.54, 1.807) is 6.08 Å². The van der Waals surface area contributed by atoms with Gasteiger partial charge in [0.25, 0.3) is 11.5 Å². The van der Waals surface area contributed by atoms with Crippen LogP contribution in [0.5, 0.6) is 11.5 Å². The topological polar surface area (TPSA) is 152 Å². The van der Waals surface area contributed by atoms with Gasteiger partial charge in [-0.15, -0.1) is 0 Å². The van der Waals surface area contributed by atoms with Crippen LogP contribution in [-0.4, -0.2) is 62.6 Å². The van der Waals surface area contributed by atoms with Crippen molar-refractivity contribution in [2.45, 2.75) is 19.1 Å². The maximum absolute atomic E-state index is 13.7. The molecule has 12 heteroatoms. The van der Waals surface area contributed by atoms with E-state index in [1.807, 2.05) is 30.3 Å². The fourth-order valence-corrected chi connectivity index (χ4v) is 4.59. The van der Waals surface area contributed by atoms with Gasteiger partial charge in [-0.25, -0.2) is 9.59 Å². The van der Waals surface area contributed by atoms with Gasteiger partial charge in [-0.05, 0) is 23.6 Å². The zero-order valence-electron chi connectivity index (χ0n) is 22.3. The Balaban J connectivity index is 1.68. The van der Waals surface area contributed by atoms with Gasteiger partial charge in [-0.1, -0.05) is 36.4 Å². The third-order valence-corrected chi connectivity index (χ3v) is 6.67. The largest absolute Gasteiger partial charge is 0.493 e. The third kappa shape index (κ3) is 5.76. The van der Waals surface area contributed by atoms with Crippen LogP contribution < -0.4 is 26.0 Å². The SMILES string of the molecule is COc1cc(C(=O)N2CCC(c3cn(C)c(=O)n(C)c3=O)=C[C@H]2CO)c(NC(=O)O)cc1OCc1ccccc1. The summed E-state index contributed by atoms with van der Waals surface area (Å²) in [5.41, 5.74) is 0.807. The van der Waals surface area contributed by atoms with Gasteiger partial charge in [0.15, 0.2) is 11.5 Å². The van der Waals surface area contributed by atoms with E-state index in [2.05, 4.69) is 5.32 Å². The highest BCUT2D eigenvalue weighted by Crippen LogP contribution is 2.36. The number of anilines is 1. The van der Waals surface area contributed by atoms with Gasteiger partial charge in [0.1, 0.15) is 6.61 Å². The number of carbonyl (C=O) groups is 2. The molecule has 2 heterocycles. The Labute approximate surface area is 229 Å². The van der Waals surface area contributed by atoms with Gasteiger partial charge < -0.3 is 29.2 Å². The highest BCUT2D eigenvalue weighted by atomic mass is 16.5. The fourth-order valence-electron chi connectivity index (χ4n) is 4.59. The minimum atomic E-state index is -1.38. The Morgan fingerprint density at radius 1 is 1.10 bits per heavy atom. The van der Waals surface area contributed by atoms with Gasteiger partial charge in [-0.3, -0.25) is 19.5 Å². The Kier molecular flexibility index (Phi) is 8.39. The van der Waals surface area contributed by atoms with E-state index < -0.39 is 35.9 Å². The van der Waals surface area contributed by atoms with Gasteiger partial charge in [0, 0.05) is 32.9 Å². The molecule has 0 aliphatic carbocycles. The molecule has 1 aliphatic rings.